The van der Waals surface area contributed by atoms with Gasteiger partial charge in [0.25, 0.3) is 0 Å². The Morgan fingerprint density at radius 1 is 1.24 bits per heavy atom. The van der Waals surface area contributed by atoms with Crippen molar-refractivity contribution in [3.63, 3.8) is 0 Å². The Morgan fingerprint density at radius 3 is 2.48 bits per heavy atom. The number of amides is 1. The van der Waals surface area contributed by atoms with Gasteiger partial charge in [-0.3, -0.25) is 4.79 Å². The fourth-order valence-electron chi connectivity index (χ4n) is 2.59. The predicted octanol–water partition coefficient (Wildman–Crippen LogP) is 3.49. The Morgan fingerprint density at radius 2 is 1.88 bits per heavy atom. The van der Waals surface area contributed by atoms with Crippen molar-refractivity contribution in [2.24, 2.45) is 0 Å². The van der Waals surface area contributed by atoms with Gasteiger partial charge in [-0.15, -0.1) is 0 Å². The van der Waals surface area contributed by atoms with E-state index in [4.69, 9.17) is 5.73 Å². The summed E-state index contributed by atoms with van der Waals surface area (Å²) >= 11 is 0. The van der Waals surface area contributed by atoms with Gasteiger partial charge in [-0.25, -0.2) is 14.4 Å². The van der Waals surface area contributed by atoms with Crippen molar-refractivity contribution in [1.82, 2.24) is 15.3 Å². The van der Waals surface area contributed by atoms with Gasteiger partial charge in [0.15, 0.2) is 0 Å². The lowest BCUT2D eigenvalue weighted by atomic mass is 9.92. The highest BCUT2D eigenvalue weighted by molar-refractivity contribution is 6.00. The molecule has 2 rings (SSSR count). The van der Waals surface area contributed by atoms with E-state index < -0.39 is 0 Å². The topological polar surface area (TPSA) is 80.9 Å². The Labute approximate surface area is 147 Å². The second-order valence-corrected chi connectivity index (χ2v) is 5.96. The summed E-state index contributed by atoms with van der Waals surface area (Å²) in [5, 5.41) is 2.84. The molecule has 1 heterocycles. The molecule has 0 saturated carbocycles. The molecule has 0 bridgehead atoms. The molecule has 0 aliphatic rings. The van der Waals surface area contributed by atoms with Gasteiger partial charge in [0, 0.05) is 30.1 Å². The zero-order valence-corrected chi connectivity index (χ0v) is 15.0. The van der Waals surface area contributed by atoms with Crippen LogP contribution in [0, 0.1) is 12.7 Å². The summed E-state index contributed by atoms with van der Waals surface area (Å²) in [6, 6.07) is 2.89. The molecule has 1 amide bonds. The Kier molecular flexibility index (Phi) is 5.85. The summed E-state index contributed by atoms with van der Waals surface area (Å²) in [5.74, 6) is -0.355. The molecular formula is C19H23FN4O. The Hall–Kier alpha value is -2.76. The van der Waals surface area contributed by atoms with Gasteiger partial charge in [-0.05, 0) is 61.6 Å². The lowest BCUT2D eigenvalue weighted by Crippen LogP contribution is -2.25. The third-order valence-corrected chi connectivity index (χ3v) is 4.20. The second-order valence-electron chi connectivity index (χ2n) is 5.96. The summed E-state index contributed by atoms with van der Waals surface area (Å²) < 4.78 is 14.2. The van der Waals surface area contributed by atoms with Crippen LogP contribution in [0.5, 0.6) is 0 Å². The SMILES string of the molecule is CCCNC(=O)/C(C)=C(\C)c1cc(F)cc(-c2cnc(N)nc2)c1C. The van der Waals surface area contributed by atoms with Crippen molar-refractivity contribution in [2.75, 3.05) is 12.3 Å². The first kappa shape index (κ1) is 18.6. The van der Waals surface area contributed by atoms with E-state index in [0.29, 0.717) is 28.8 Å². The maximum Gasteiger partial charge on any atom is 0.247 e. The van der Waals surface area contributed by atoms with Crippen LogP contribution in [0.1, 0.15) is 38.3 Å². The van der Waals surface area contributed by atoms with Gasteiger partial charge in [0.05, 0.1) is 0 Å². The molecule has 0 fully saturated rings. The van der Waals surface area contributed by atoms with Crippen LogP contribution in [0.2, 0.25) is 0 Å². The van der Waals surface area contributed by atoms with E-state index in [1.54, 1.807) is 19.3 Å². The first-order valence-electron chi connectivity index (χ1n) is 8.19. The van der Waals surface area contributed by atoms with Gasteiger partial charge in [-0.1, -0.05) is 6.92 Å². The first-order valence-corrected chi connectivity index (χ1v) is 8.19. The predicted molar refractivity (Wildman–Crippen MR) is 98.1 cm³/mol. The highest BCUT2D eigenvalue weighted by Gasteiger charge is 2.15. The fourth-order valence-corrected chi connectivity index (χ4v) is 2.59. The van der Waals surface area contributed by atoms with E-state index in [1.165, 1.54) is 12.1 Å². The minimum atomic E-state index is -0.381. The van der Waals surface area contributed by atoms with Gasteiger partial charge in [-0.2, -0.15) is 0 Å². The molecular weight excluding hydrogens is 319 g/mol. The summed E-state index contributed by atoms with van der Waals surface area (Å²) in [6.45, 7) is 8.06. The molecule has 2 aromatic rings. The van der Waals surface area contributed by atoms with Gasteiger partial charge in [0.1, 0.15) is 5.82 Å². The average molecular weight is 342 g/mol. The number of carbonyl (C=O) groups excluding carboxylic acids is 1. The number of nitrogen functional groups attached to an aromatic ring is 1. The van der Waals surface area contributed by atoms with Crippen molar-refractivity contribution in [2.45, 2.75) is 34.1 Å². The summed E-state index contributed by atoms with van der Waals surface area (Å²) in [6.07, 6.45) is 3.99. The maximum atomic E-state index is 14.2. The molecule has 0 aliphatic carbocycles. The number of nitrogens with two attached hydrogens (primary N) is 1. The minimum Gasteiger partial charge on any atom is -0.368 e. The quantitative estimate of drug-likeness (QED) is 0.815. The van der Waals surface area contributed by atoms with E-state index >= 15 is 0 Å². The molecule has 25 heavy (non-hydrogen) atoms. The lowest BCUT2D eigenvalue weighted by molar-refractivity contribution is -0.117. The van der Waals surface area contributed by atoms with Crippen molar-refractivity contribution >= 4 is 17.4 Å². The number of anilines is 1. The van der Waals surface area contributed by atoms with Crippen LogP contribution in [0.4, 0.5) is 10.3 Å². The van der Waals surface area contributed by atoms with E-state index in [2.05, 4.69) is 15.3 Å². The number of aromatic nitrogens is 2. The zero-order chi connectivity index (χ0) is 18.6. The van der Waals surface area contributed by atoms with E-state index in [1.807, 2.05) is 20.8 Å². The zero-order valence-electron chi connectivity index (χ0n) is 15.0. The highest BCUT2D eigenvalue weighted by atomic mass is 19.1. The van der Waals surface area contributed by atoms with Crippen LogP contribution < -0.4 is 11.1 Å². The number of hydrogen-bond donors (Lipinski definition) is 2. The van der Waals surface area contributed by atoms with Gasteiger partial charge < -0.3 is 11.1 Å². The first-order chi connectivity index (χ1) is 11.8. The third kappa shape index (κ3) is 4.21. The number of nitrogens with one attached hydrogen (secondary N) is 1. The van der Waals surface area contributed by atoms with Crippen LogP contribution in [0.3, 0.4) is 0 Å². The molecule has 132 valence electrons. The number of benzene rings is 1. The molecule has 1 aromatic carbocycles. The van der Waals surface area contributed by atoms with E-state index in [0.717, 1.165) is 17.6 Å². The molecule has 0 radical (unpaired) electrons. The molecule has 0 unspecified atom stereocenters. The van der Waals surface area contributed by atoms with Crippen molar-refractivity contribution in [1.29, 1.82) is 0 Å². The second kappa shape index (κ2) is 7.88. The number of allylic oxidation sites excluding steroid dienone is 1. The van der Waals surface area contributed by atoms with Crippen LogP contribution in [0.25, 0.3) is 16.7 Å². The molecule has 5 nitrogen and oxygen atoms in total. The summed E-state index contributed by atoms with van der Waals surface area (Å²) in [5.41, 5.74) is 9.72. The fraction of sp³-hybridized carbons (Fsp3) is 0.316. The van der Waals surface area contributed by atoms with Crippen molar-refractivity contribution < 1.29 is 9.18 Å². The van der Waals surface area contributed by atoms with Crippen LogP contribution >= 0.6 is 0 Å². The number of halogens is 1. The standard InChI is InChI=1S/C19H23FN4O/c1-5-6-22-18(25)12(3)11(2)16-7-15(20)8-17(13(16)4)14-9-23-19(21)24-10-14/h7-10H,5-6H2,1-4H3,(H,22,25)(H2,21,23,24)/b12-11+. The third-order valence-electron chi connectivity index (χ3n) is 4.20. The lowest BCUT2D eigenvalue weighted by Gasteiger charge is -2.15. The van der Waals surface area contributed by atoms with Crippen molar-refractivity contribution in [3.05, 3.63) is 47.0 Å². The van der Waals surface area contributed by atoms with Crippen LogP contribution in [0.15, 0.2) is 30.1 Å². The summed E-state index contributed by atoms with van der Waals surface area (Å²) in [4.78, 5) is 20.1. The van der Waals surface area contributed by atoms with Gasteiger partial charge >= 0.3 is 0 Å². The number of rotatable bonds is 5. The number of hydrogen-bond acceptors (Lipinski definition) is 4. The van der Waals surface area contributed by atoms with Gasteiger partial charge in [0.2, 0.25) is 11.9 Å². The molecule has 6 heteroatoms. The highest BCUT2D eigenvalue weighted by Crippen LogP contribution is 2.31. The minimum absolute atomic E-state index is 0.139. The molecule has 0 aliphatic heterocycles. The van der Waals surface area contributed by atoms with Crippen LogP contribution in [-0.4, -0.2) is 22.4 Å². The smallest absolute Gasteiger partial charge is 0.247 e. The monoisotopic (exact) mass is 342 g/mol. The molecule has 1 aromatic heterocycles. The van der Waals surface area contributed by atoms with Crippen LogP contribution in [-0.2, 0) is 4.79 Å². The average Bonchev–Trinajstić information content (AvgIpc) is 2.60. The Balaban J connectivity index is 2.52. The van der Waals surface area contributed by atoms with E-state index in [9.17, 15) is 9.18 Å². The largest absolute Gasteiger partial charge is 0.368 e. The van der Waals surface area contributed by atoms with E-state index in [-0.39, 0.29) is 17.7 Å². The Bertz CT molecular complexity index is 813. The summed E-state index contributed by atoms with van der Waals surface area (Å²) in [7, 11) is 0. The molecule has 0 saturated heterocycles. The molecule has 3 N–H and O–H groups in total. The maximum absolute atomic E-state index is 14.2. The molecule has 0 atom stereocenters. The number of carbonyl (C=O) groups is 1. The normalized spacial score (nSPS) is 11.9. The number of nitrogens with zero attached hydrogens (tertiary/aromatic N) is 2. The van der Waals surface area contributed by atoms with Crippen molar-refractivity contribution in [3.8, 4) is 11.1 Å². The molecule has 0 spiro atoms.